The molecule has 0 bridgehead atoms. The first-order valence-electron chi connectivity index (χ1n) is 8.88. The largest absolute Gasteiger partial charge is 0.419 e. The maximum Gasteiger partial charge on any atom is 0.419 e. The second-order valence-electron chi connectivity index (χ2n) is 6.40. The zero-order valence-electron chi connectivity index (χ0n) is 15.3. The van der Waals surface area contributed by atoms with E-state index < -0.39 is 29.4 Å². The molecule has 0 aliphatic carbocycles. The predicted octanol–water partition coefficient (Wildman–Crippen LogP) is 3.96. The molecule has 0 atom stereocenters. The smallest absolute Gasteiger partial charge is 0.326 e. The minimum Gasteiger partial charge on any atom is -0.326 e. The van der Waals surface area contributed by atoms with Gasteiger partial charge < -0.3 is 15.1 Å². The molecule has 0 aromatic heterocycles. The molecule has 1 aromatic rings. The van der Waals surface area contributed by atoms with Crippen molar-refractivity contribution in [1.29, 1.82) is 0 Å². The highest BCUT2D eigenvalue weighted by Crippen LogP contribution is 2.33. The van der Waals surface area contributed by atoms with Gasteiger partial charge >= 0.3 is 12.2 Å². The van der Waals surface area contributed by atoms with Gasteiger partial charge in [-0.25, -0.2) is 9.18 Å². The lowest BCUT2D eigenvalue weighted by Crippen LogP contribution is -2.47. The number of carbonyl (C=O) groups excluding carboxylic acids is 2. The van der Waals surface area contributed by atoms with Crippen LogP contribution in [0.1, 0.15) is 32.3 Å². The third-order valence-corrected chi connectivity index (χ3v) is 4.71. The highest BCUT2D eigenvalue weighted by molar-refractivity contribution is 5.92. The van der Waals surface area contributed by atoms with Crippen LogP contribution in [-0.4, -0.2) is 47.9 Å². The van der Waals surface area contributed by atoms with Gasteiger partial charge in [-0.15, -0.1) is 0 Å². The standard InChI is InChI=1S/C18H23F4N3O2/c1-3-24(4-2)17(27)25-9-7-12(8-10-25)16(26)23-13-5-6-15(19)14(11-13)18(20,21)22/h5-6,11-12H,3-4,7-10H2,1-2H3,(H,23,26). The Balaban J connectivity index is 1.96. The van der Waals surface area contributed by atoms with Gasteiger partial charge in [0.2, 0.25) is 5.91 Å². The van der Waals surface area contributed by atoms with Gasteiger partial charge in [0, 0.05) is 37.8 Å². The molecule has 0 radical (unpaired) electrons. The van der Waals surface area contributed by atoms with E-state index in [9.17, 15) is 27.2 Å². The minimum atomic E-state index is -4.83. The average molecular weight is 389 g/mol. The Morgan fingerprint density at radius 2 is 1.78 bits per heavy atom. The van der Waals surface area contributed by atoms with Crippen molar-refractivity contribution in [1.82, 2.24) is 9.80 Å². The van der Waals surface area contributed by atoms with Crippen molar-refractivity contribution in [2.75, 3.05) is 31.5 Å². The molecule has 1 N–H and O–H groups in total. The van der Waals surface area contributed by atoms with Crippen LogP contribution < -0.4 is 5.32 Å². The second kappa shape index (κ2) is 8.58. The van der Waals surface area contributed by atoms with Gasteiger partial charge in [0.1, 0.15) is 5.82 Å². The predicted molar refractivity (Wildman–Crippen MR) is 92.6 cm³/mol. The Hall–Kier alpha value is -2.32. The molecule has 1 aliphatic heterocycles. The molecular weight excluding hydrogens is 366 g/mol. The van der Waals surface area contributed by atoms with Crippen molar-refractivity contribution in [3.05, 3.63) is 29.6 Å². The number of urea groups is 1. The summed E-state index contributed by atoms with van der Waals surface area (Å²) in [5.41, 5.74) is -1.52. The van der Waals surface area contributed by atoms with Gasteiger partial charge in [-0.05, 0) is 44.9 Å². The molecule has 2 rings (SSSR count). The number of anilines is 1. The van der Waals surface area contributed by atoms with E-state index in [-0.39, 0.29) is 11.7 Å². The van der Waals surface area contributed by atoms with Crippen LogP contribution in [0, 0.1) is 11.7 Å². The van der Waals surface area contributed by atoms with Crippen molar-refractivity contribution in [3.63, 3.8) is 0 Å². The van der Waals surface area contributed by atoms with E-state index in [0.29, 0.717) is 51.2 Å². The molecule has 9 heteroatoms. The first-order chi connectivity index (χ1) is 12.7. The third-order valence-electron chi connectivity index (χ3n) is 4.71. The lowest BCUT2D eigenvalue weighted by atomic mass is 9.96. The summed E-state index contributed by atoms with van der Waals surface area (Å²) in [5.74, 6) is -2.22. The Kier molecular flexibility index (Phi) is 6.67. The van der Waals surface area contributed by atoms with Crippen LogP contribution in [0.4, 0.5) is 28.0 Å². The van der Waals surface area contributed by atoms with Crippen molar-refractivity contribution >= 4 is 17.6 Å². The Bertz CT molecular complexity index is 682. The fourth-order valence-electron chi connectivity index (χ4n) is 3.09. The Morgan fingerprint density at radius 1 is 1.19 bits per heavy atom. The summed E-state index contributed by atoms with van der Waals surface area (Å²) in [4.78, 5) is 28.0. The zero-order valence-corrected chi connectivity index (χ0v) is 15.3. The maximum atomic E-state index is 13.3. The van der Waals surface area contributed by atoms with Crippen LogP contribution in [-0.2, 0) is 11.0 Å². The second-order valence-corrected chi connectivity index (χ2v) is 6.40. The minimum absolute atomic E-state index is 0.0767. The molecule has 1 fully saturated rings. The number of carbonyl (C=O) groups is 2. The summed E-state index contributed by atoms with van der Waals surface area (Å²) in [6.07, 6.45) is -3.99. The van der Waals surface area contributed by atoms with Crippen LogP contribution in [0.5, 0.6) is 0 Å². The van der Waals surface area contributed by atoms with Crippen LogP contribution in [0.3, 0.4) is 0 Å². The fourth-order valence-corrected chi connectivity index (χ4v) is 3.09. The molecule has 3 amide bonds. The van der Waals surface area contributed by atoms with Gasteiger partial charge in [-0.3, -0.25) is 4.79 Å². The van der Waals surface area contributed by atoms with E-state index >= 15 is 0 Å². The normalized spacial score (nSPS) is 15.6. The van der Waals surface area contributed by atoms with Crippen LogP contribution in [0.25, 0.3) is 0 Å². The number of likely N-dealkylation sites (tertiary alicyclic amines) is 1. The molecule has 1 aliphatic rings. The van der Waals surface area contributed by atoms with Crippen LogP contribution in [0.2, 0.25) is 0 Å². The Labute approximate surface area is 155 Å². The maximum absolute atomic E-state index is 13.3. The topological polar surface area (TPSA) is 52.7 Å². The molecule has 5 nitrogen and oxygen atoms in total. The van der Waals surface area contributed by atoms with Gasteiger partial charge in [0.15, 0.2) is 0 Å². The summed E-state index contributed by atoms with van der Waals surface area (Å²) in [7, 11) is 0. The lowest BCUT2D eigenvalue weighted by molar-refractivity contribution is -0.140. The quantitative estimate of drug-likeness (QED) is 0.793. The van der Waals surface area contributed by atoms with Crippen LogP contribution in [0.15, 0.2) is 18.2 Å². The first-order valence-corrected chi connectivity index (χ1v) is 8.88. The Morgan fingerprint density at radius 3 is 2.30 bits per heavy atom. The van der Waals surface area contributed by atoms with Gasteiger partial charge in [-0.1, -0.05) is 0 Å². The fraction of sp³-hybridized carbons (Fsp3) is 0.556. The van der Waals surface area contributed by atoms with E-state index in [1.807, 2.05) is 13.8 Å². The number of halogens is 4. The number of piperidine rings is 1. The highest BCUT2D eigenvalue weighted by Gasteiger charge is 2.35. The molecule has 27 heavy (non-hydrogen) atoms. The van der Waals surface area contributed by atoms with Gasteiger partial charge in [-0.2, -0.15) is 13.2 Å². The number of hydrogen-bond donors (Lipinski definition) is 1. The number of benzene rings is 1. The van der Waals surface area contributed by atoms with E-state index in [2.05, 4.69) is 5.32 Å². The van der Waals surface area contributed by atoms with E-state index in [1.165, 1.54) is 0 Å². The molecule has 1 saturated heterocycles. The summed E-state index contributed by atoms with van der Waals surface area (Å²) >= 11 is 0. The van der Waals surface area contributed by atoms with Crippen molar-refractivity contribution < 1.29 is 27.2 Å². The number of hydrogen-bond acceptors (Lipinski definition) is 2. The summed E-state index contributed by atoms with van der Waals surface area (Å²) in [6.45, 7) is 5.79. The number of alkyl halides is 3. The molecule has 0 spiro atoms. The monoisotopic (exact) mass is 389 g/mol. The van der Waals surface area contributed by atoms with Crippen molar-refractivity contribution in [3.8, 4) is 0 Å². The molecule has 1 heterocycles. The SMILES string of the molecule is CCN(CC)C(=O)N1CCC(C(=O)Nc2ccc(F)c(C(F)(F)F)c2)CC1. The van der Waals surface area contributed by atoms with E-state index in [4.69, 9.17) is 0 Å². The molecule has 0 saturated carbocycles. The molecule has 150 valence electrons. The number of nitrogens with one attached hydrogen (secondary N) is 1. The summed E-state index contributed by atoms with van der Waals surface area (Å²) in [5, 5.41) is 2.42. The van der Waals surface area contributed by atoms with E-state index in [0.717, 1.165) is 6.07 Å². The number of rotatable bonds is 4. The van der Waals surface area contributed by atoms with Crippen molar-refractivity contribution in [2.45, 2.75) is 32.9 Å². The van der Waals surface area contributed by atoms with Gasteiger partial charge in [0.05, 0.1) is 5.56 Å². The third kappa shape index (κ3) is 5.11. The highest BCUT2D eigenvalue weighted by atomic mass is 19.4. The summed E-state index contributed by atoms with van der Waals surface area (Å²) < 4.78 is 51.6. The molecule has 0 unspecified atom stereocenters. The summed E-state index contributed by atoms with van der Waals surface area (Å²) in [6, 6.07) is 2.30. The molecular formula is C18H23F4N3O2. The van der Waals surface area contributed by atoms with Gasteiger partial charge in [0.25, 0.3) is 0 Å². The number of amides is 3. The lowest BCUT2D eigenvalue weighted by Gasteiger charge is -2.34. The van der Waals surface area contributed by atoms with E-state index in [1.54, 1.807) is 9.80 Å². The van der Waals surface area contributed by atoms with Crippen molar-refractivity contribution in [2.24, 2.45) is 5.92 Å². The van der Waals surface area contributed by atoms with Crippen LogP contribution >= 0.6 is 0 Å². The molecule has 1 aromatic carbocycles. The number of nitrogens with zero attached hydrogens (tertiary/aromatic N) is 2. The average Bonchev–Trinajstić information content (AvgIpc) is 2.63. The first kappa shape index (κ1) is 21.0. The zero-order chi connectivity index (χ0) is 20.2.